The zero-order valence-electron chi connectivity index (χ0n) is 20.3. The lowest BCUT2D eigenvalue weighted by Crippen LogP contribution is -2.66. The van der Waals surface area contributed by atoms with Gasteiger partial charge in [-0.05, 0) is 0 Å². The van der Waals surface area contributed by atoms with Crippen molar-refractivity contribution in [3.63, 3.8) is 0 Å². The topological polar surface area (TPSA) is 498 Å². The van der Waals surface area contributed by atoms with Crippen molar-refractivity contribution in [2.75, 3.05) is 11.8 Å². The summed E-state index contributed by atoms with van der Waals surface area (Å²) in [5.74, 6) is -4.96. The Kier molecular flexibility index (Phi) is 14.5. The molecule has 0 bridgehead atoms. The molecule has 0 aromatic heterocycles. The Bertz CT molecular complexity index is 1200. The van der Waals surface area contributed by atoms with E-state index in [1.165, 1.54) is 0 Å². The molecule has 4 unspecified atom stereocenters. The predicted molar refractivity (Wildman–Crippen MR) is 121 cm³/mol. The van der Waals surface area contributed by atoms with Crippen LogP contribution in [0.2, 0.25) is 0 Å². The monoisotopic (exact) mass is 812 g/mol. The summed E-state index contributed by atoms with van der Waals surface area (Å²) in [6, 6.07) is 0. The first kappa shape index (κ1) is 43.4. The Morgan fingerprint density at radius 3 is 0.682 bits per heavy atom. The van der Waals surface area contributed by atoms with Gasteiger partial charge in [0.15, 0.2) is 0 Å². The van der Waals surface area contributed by atoms with Gasteiger partial charge in [0.2, 0.25) is 0 Å². The largest absolute Gasteiger partial charge is 0.687 e. The van der Waals surface area contributed by atoms with E-state index in [1.807, 2.05) is 0 Å². The second kappa shape index (κ2) is 14.7. The molecule has 44 heavy (non-hydrogen) atoms. The highest BCUT2D eigenvalue weighted by atomic mass is 31.3. The van der Waals surface area contributed by atoms with Gasteiger partial charge in [0.05, 0.1) is 0 Å². The summed E-state index contributed by atoms with van der Waals surface area (Å²) >= 11 is 0. The molecular weight excluding hydrogens is 792 g/mol. The van der Waals surface area contributed by atoms with Crippen LogP contribution in [0.25, 0.3) is 0 Å². The average Bonchev–Trinajstić information content (AvgIpc) is 2.62. The Labute approximate surface area is 243 Å². The molecular formula is C8H20O28P8-4. The van der Waals surface area contributed by atoms with Gasteiger partial charge >= 0.3 is 46.5 Å². The quantitative estimate of drug-likeness (QED) is 0.0647. The summed E-state index contributed by atoms with van der Waals surface area (Å²) in [5, 5.41) is 0. The second-order valence-corrected chi connectivity index (χ2v) is 20.6. The van der Waals surface area contributed by atoms with Gasteiger partial charge in [-0.2, -0.15) is 15.9 Å². The lowest BCUT2D eigenvalue weighted by molar-refractivity contribution is -0.428. The summed E-state index contributed by atoms with van der Waals surface area (Å²) in [7, 11) is -49.7. The second-order valence-electron chi connectivity index (χ2n) is 8.16. The molecule has 0 amide bonds. The van der Waals surface area contributed by atoms with E-state index in [2.05, 4.69) is 27.1 Å². The number of rotatable bonds is 16. The Morgan fingerprint density at radius 2 is 0.545 bits per heavy atom. The van der Waals surface area contributed by atoms with E-state index in [0.717, 1.165) is 0 Å². The Balaban J connectivity index is 4.21. The molecule has 8 atom stereocenters. The van der Waals surface area contributed by atoms with Crippen LogP contribution < -0.4 is 29.4 Å². The van der Waals surface area contributed by atoms with Crippen LogP contribution >= 0.6 is 62.4 Å². The van der Waals surface area contributed by atoms with Crippen LogP contribution in [0.5, 0.6) is 0 Å². The molecule has 28 nitrogen and oxygen atoms in total. The van der Waals surface area contributed by atoms with Gasteiger partial charge < -0.3 is 78.3 Å². The van der Waals surface area contributed by atoms with Crippen molar-refractivity contribution in [2.45, 2.75) is 36.6 Å². The van der Waals surface area contributed by atoms with Gasteiger partial charge in [0, 0.05) is 0 Å². The van der Waals surface area contributed by atoms with E-state index in [1.54, 1.807) is 0 Å². The normalized spacial score (nSPS) is 29.2. The molecule has 0 saturated heterocycles. The number of hydrogen-bond acceptors (Lipinski definition) is 18. The fraction of sp³-hybridized carbons (Fsp3) is 1.00. The SMILES string of the molecule is O=P(O)(O)OC1[C@@H](OP(=O)(O)O)[C@H](OP(=O)(O)C[P+]([O-])([O-])[O-])C(OP(=O)(O)O)[C@H](OP(=O)(O)C[P+]([O-])([O-])[O-])[C@@H]1OP(=O)(O)O. The number of phosphoric acid groups is 4. The van der Waals surface area contributed by atoms with E-state index in [4.69, 9.17) is 0 Å². The van der Waals surface area contributed by atoms with E-state index in [0.29, 0.717) is 0 Å². The minimum atomic E-state index is -6.29. The smallest absolute Gasteiger partial charge is 0.470 e. The molecule has 0 aromatic carbocycles. The number of hydrogen-bond donors (Lipinski definition) is 10. The van der Waals surface area contributed by atoms with Crippen LogP contribution in [0, 0.1) is 0 Å². The van der Waals surface area contributed by atoms with Crippen LogP contribution in [0.15, 0.2) is 0 Å². The van der Waals surface area contributed by atoms with Gasteiger partial charge in [0.25, 0.3) is 0 Å². The highest BCUT2D eigenvalue weighted by molar-refractivity contribution is 7.71. The van der Waals surface area contributed by atoms with E-state index >= 15 is 0 Å². The molecule has 0 heterocycles. The van der Waals surface area contributed by atoms with E-state index in [-0.39, 0.29) is 0 Å². The molecule has 264 valence electrons. The molecule has 0 spiro atoms. The molecule has 0 radical (unpaired) electrons. The van der Waals surface area contributed by atoms with Gasteiger partial charge in [-0.25, -0.2) is 18.3 Å². The molecule has 10 N–H and O–H groups in total. The van der Waals surface area contributed by atoms with E-state index < -0.39 is 111 Å². The van der Waals surface area contributed by atoms with E-state index in [9.17, 15) is 106 Å². The molecule has 1 rings (SSSR count). The van der Waals surface area contributed by atoms with Gasteiger partial charge in [-0.15, -0.1) is 0 Å². The minimum absolute atomic E-state index is 2.48. The molecule has 0 aromatic rings. The molecule has 1 aliphatic rings. The first-order valence-electron chi connectivity index (χ1n) is 9.97. The zero-order valence-corrected chi connectivity index (χ0v) is 27.4. The summed E-state index contributed by atoms with van der Waals surface area (Å²) in [5.41, 5.74) is 0. The first-order chi connectivity index (χ1) is 19.0. The van der Waals surface area contributed by atoms with Gasteiger partial charge in [-0.1, -0.05) is 0 Å². The molecule has 1 aliphatic carbocycles. The summed E-state index contributed by atoms with van der Waals surface area (Å²) < 4.78 is 96.7. The maximum absolute atomic E-state index is 12.4. The van der Waals surface area contributed by atoms with Crippen molar-refractivity contribution in [1.29, 1.82) is 0 Å². The minimum Gasteiger partial charge on any atom is -0.687 e. The standard InChI is InChI=1S/C8H24O28P8/c9-37(10,11)1-39(15,16)31-3-5(33-41(19,20)21)4(32-40(17,18)2-38(12,13)14)7(35-43(25,26)27)8(36-44(28,29)30)6(3)34-42(22,23)24/h3-8H,1-2H2,(H,15,16)(H,17,18)(H2,9,10,11)(H2,12,13,14)(H2,19,20,21)(H2,22,23,24)(H2,25,26,27)(H2,28,29,30)/p-4/t3-,4+,5?,6-,7-,8?/m0/s1. The maximum atomic E-state index is 12.4. The predicted octanol–water partition coefficient (Wildman–Crippen LogP) is -7.35. The molecule has 1 saturated carbocycles. The highest BCUT2D eigenvalue weighted by Gasteiger charge is 2.63. The van der Waals surface area contributed by atoms with Crippen LogP contribution in [0.3, 0.4) is 0 Å². The maximum Gasteiger partial charge on any atom is 0.470 e. The molecule has 1 fully saturated rings. The average molecular weight is 812 g/mol. The third-order valence-corrected chi connectivity index (χ3v) is 13.1. The van der Waals surface area contributed by atoms with Crippen molar-refractivity contribution in [1.82, 2.24) is 0 Å². The van der Waals surface area contributed by atoms with Crippen LogP contribution in [-0.4, -0.2) is 97.4 Å². The van der Waals surface area contributed by atoms with Crippen LogP contribution in [0.4, 0.5) is 0 Å². The van der Waals surface area contributed by atoms with Crippen molar-refractivity contribution in [3.8, 4) is 0 Å². The highest BCUT2D eigenvalue weighted by Crippen LogP contribution is 2.62. The lowest BCUT2D eigenvalue weighted by Gasteiger charge is -2.50. The first-order valence-corrected chi connectivity index (χ1v) is 23.1. The Morgan fingerprint density at radius 1 is 0.386 bits per heavy atom. The van der Waals surface area contributed by atoms with Crippen molar-refractivity contribution < 1.29 is 133 Å². The molecule has 0 aliphatic heterocycles. The van der Waals surface area contributed by atoms with Crippen LogP contribution in [0.1, 0.15) is 0 Å². The molecule has 36 heteroatoms. The van der Waals surface area contributed by atoms with Crippen molar-refractivity contribution in [2.24, 2.45) is 0 Å². The van der Waals surface area contributed by atoms with Crippen molar-refractivity contribution in [3.05, 3.63) is 0 Å². The van der Waals surface area contributed by atoms with Crippen molar-refractivity contribution >= 4 is 62.4 Å². The van der Waals surface area contributed by atoms with Gasteiger partial charge in [0.1, 0.15) is 48.4 Å². The fourth-order valence-electron chi connectivity index (χ4n) is 3.36. The third-order valence-electron chi connectivity index (χ3n) is 4.26. The fourth-order valence-corrected chi connectivity index (χ4v) is 10.9. The summed E-state index contributed by atoms with van der Waals surface area (Å²) in [6.45, 7) is 0. The number of phosphoric ester groups is 4. The van der Waals surface area contributed by atoms with Crippen LogP contribution in [-0.2, 0) is 54.5 Å². The zero-order chi connectivity index (χ0) is 35.1. The summed E-state index contributed by atoms with van der Waals surface area (Å²) in [4.78, 5) is 161. The third kappa shape index (κ3) is 17.1. The Hall–Kier alpha value is 1.36. The summed E-state index contributed by atoms with van der Waals surface area (Å²) in [6.07, 6.45) is -20.5. The van der Waals surface area contributed by atoms with Gasteiger partial charge in [-0.3, -0.25) is 36.3 Å². The lowest BCUT2D eigenvalue weighted by atomic mass is 9.85.